The first-order chi connectivity index (χ1) is 9.49. The van der Waals surface area contributed by atoms with Crippen LogP contribution in [-0.4, -0.2) is 21.0 Å². The van der Waals surface area contributed by atoms with Crippen molar-refractivity contribution in [2.24, 2.45) is 0 Å². The number of amides is 1. The van der Waals surface area contributed by atoms with E-state index in [9.17, 15) is 14.9 Å². The van der Waals surface area contributed by atoms with Gasteiger partial charge < -0.3 is 5.32 Å². The molecule has 1 heterocycles. The normalized spacial score (nSPS) is 11.9. The standard InChI is InChI=1S/C12H11ClN4O3/c1-7(9-5-14-15-6-9)16-12(18)8-2-3-11(17(19)20)10(13)4-8/h2-7H,1H3,(H,14,15)(H,16,18). The van der Waals surface area contributed by atoms with E-state index in [1.165, 1.54) is 18.2 Å². The molecule has 104 valence electrons. The van der Waals surface area contributed by atoms with Crippen molar-refractivity contribution in [3.8, 4) is 0 Å². The molecule has 2 N–H and O–H groups in total. The lowest BCUT2D eigenvalue weighted by atomic mass is 10.1. The lowest BCUT2D eigenvalue weighted by Gasteiger charge is -2.12. The van der Waals surface area contributed by atoms with Crippen molar-refractivity contribution in [3.05, 3.63) is 56.9 Å². The van der Waals surface area contributed by atoms with Gasteiger partial charge in [0.1, 0.15) is 5.02 Å². The highest BCUT2D eigenvalue weighted by Gasteiger charge is 2.17. The van der Waals surface area contributed by atoms with Gasteiger partial charge >= 0.3 is 0 Å². The Morgan fingerprint density at radius 1 is 1.55 bits per heavy atom. The van der Waals surface area contributed by atoms with E-state index in [1.54, 1.807) is 19.3 Å². The third-order valence-corrected chi connectivity index (χ3v) is 3.08. The molecular weight excluding hydrogens is 284 g/mol. The number of rotatable bonds is 4. The fourth-order valence-corrected chi connectivity index (χ4v) is 1.91. The number of aromatic nitrogens is 2. The van der Waals surface area contributed by atoms with Crippen LogP contribution in [0.1, 0.15) is 28.9 Å². The van der Waals surface area contributed by atoms with Gasteiger partial charge in [0.15, 0.2) is 0 Å². The number of nitro benzene ring substituents is 1. The molecule has 0 bridgehead atoms. The maximum atomic E-state index is 12.0. The van der Waals surface area contributed by atoms with Crippen LogP contribution in [0, 0.1) is 10.1 Å². The monoisotopic (exact) mass is 294 g/mol. The minimum Gasteiger partial charge on any atom is -0.345 e. The van der Waals surface area contributed by atoms with E-state index < -0.39 is 4.92 Å². The van der Waals surface area contributed by atoms with E-state index in [2.05, 4.69) is 15.5 Å². The van der Waals surface area contributed by atoms with Crippen LogP contribution in [0.2, 0.25) is 5.02 Å². The summed E-state index contributed by atoms with van der Waals surface area (Å²) in [6.45, 7) is 1.80. The molecule has 0 spiro atoms. The van der Waals surface area contributed by atoms with Crippen molar-refractivity contribution in [2.75, 3.05) is 0 Å². The van der Waals surface area contributed by atoms with E-state index in [-0.39, 0.29) is 28.2 Å². The maximum absolute atomic E-state index is 12.0. The minimum atomic E-state index is -0.599. The molecule has 0 fully saturated rings. The van der Waals surface area contributed by atoms with E-state index >= 15 is 0 Å². The molecule has 0 saturated carbocycles. The van der Waals surface area contributed by atoms with Crippen molar-refractivity contribution in [3.63, 3.8) is 0 Å². The molecule has 0 aliphatic heterocycles. The molecule has 1 atom stereocenters. The third-order valence-electron chi connectivity index (χ3n) is 2.77. The number of nitrogens with one attached hydrogen (secondary N) is 2. The first kappa shape index (κ1) is 14.0. The highest BCUT2D eigenvalue weighted by atomic mass is 35.5. The molecule has 1 aromatic carbocycles. The molecule has 1 aromatic heterocycles. The molecular formula is C12H11ClN4O3. The van der Waals surface area contributed by atoms with Crippen molar-refractivity contribution >= 4 is 23.2 Å². The fourth-order valence-electron chi connectivity index (χ4n) is 1.66. The second-order valence-corrected chi connectivity index (χ2v) is 4.56. The zero-order valence-corrected chi connectivity index (χ0v) is 11.2. The summed E-state index contributed by atoms with van der Waals surface area (Å²) in [6, 6.07) is 3.61. The summed E-state index contributed by atoms with van der Waals surface area (Å²) in [7, 11) is 0. The van der Waals surface area contributed by atoms with Gasteiger partial charge in [0.2, 0.25) is 0 Å². The molecule has 7 nitrogen and oxygen atoms in total. The van der Waals surface area contributed by atoms with Crippen LogP contribution in [0.4, 0.5) is 5.69 Å². The zero-order chi connectivity index (χ0) is 14.7. The average molecular weight is 295 g/mol. The largest absolute Gasteiger partial charge is 0.345 e. The maximum Gasteiger partial charge on any atom is 0.287 e. The van der Waals surface area contributed by atoms with Crippen LogP contribution >= 0.6 is 11.6 Å². The molecule has 0 aliphatic carbocycles. The molecule has 1 amide bonds. The SMILES string of the molecule is CC(NC(=O)c1ccc([N+](=O)[O-])c(Cl)c1)c1cn[nH]c1. The number of carbonyl (C=O) groups is 1. The molecule has 20 heavy (non-hydrogen) atoms. The van der Waals surface area contributed by atoms with E-state index in [0.29, 0.717) is 0 Å². The molecule has 0 radical (unpaired) electrons. The van der Waals surface area contributed by atoms with E-state index in [4.69, 9.17) is 11.6 Å². The topological polar surface area (TPSA) is 101 Å². The predicted octanol–water partition coefficient (Wildman–Crippen LogP) is 2.46. The van der Waals surface area contributed by atoms with Gasteiger partial charge in [-0.15, -0.1) is 0 Å². The lowest BCUT2D eigenvalue weighted by molar-refractivity contribution is -0.384. The van der Waals surface area contributed by atoms with Crippen LogP contribution in [0.15, 0.2) is 30.6 Å². The first-order valence-electron chi connectivity index (χ1n) is 5.72. The number of carbonyl (C=O) groups excluding carboxylic acids is 1. The van der Waals surface area contributed by atoms with Crippen molar-refractivity contribution < 1.29 is 9.72 Å². The number of aromatic amines is 1. The summed E-state index contributed by atoms with van der Waals surface area (Å²) in [4.78, 5) is 22.1. The fraction of sp³-hybridized carbons (Fsp3) is 0.167. The van der Waals surface area contributed by atoms with Gasteiger partial charge in [-0.1, -0.05) is 11.6 Å². The molecule has 2 aromatic rings. The number of nitrogens with zero attached hydrogens (tertiary/aromatic N) is 2. The highest BCUT2D eigenvalue weighted by molar-refractivity contribution is 6.33. The van der Waals surface area contributed by atoms with Crippen molar-refractivity contribution in [1.82, 2.24) is 15.5 Å². The molecule has 0 saturated heterocycles. The average Bonchev–Trinajstić information content (AvgIpc) is 2.91. The smallest absolute Gasteiger partial charge is 0.287 e. The summed E-state index contributed by atoms with van der Waals surface area (Å²) in [5, 5.41) is 19.8. The van der Waals surface area contributed by atoms with Gasteiger partial charge in [-0.3, -0.25) is 20.0 Å². The second-order valence-electron chi connectivity index (χ2n) is 4.15. The van der Waals surface area contributed by atoms with Gasteiger partial charge in [0, 0.05) is 23.4 Å². The molecule has 2 rings (SSSR count). The molecule has 0 aliphatic rings. The van der Waals surface area contributed by atoms with Gasteiger partial charge in [-0.05, 0) is 19.1 Å². The van der Waals surface area contributed by atoms with Crippen LogP contribution < -0.4 is 5.32 Å². The van der Waals surface area contributed by atoms with Gasteiger partial charge in [0.25, 0.3) is 11.6 Å². The Morgan fingerprint density at radius 2 is 2.30 bits per heavy atom. The number of nitro groups is 1. The summed E-state index contributed by atoms with van der Waals surface area (Å²) >= 11 is 5.77. The number of benzene rings is 1. The van der Waals surface area contributed by atoms with E-state index in [1.807, 2.05) is 0 Å². The highest BCUT2D eigenvalue weighted by Crippen LogP contribution is 2.25. The lowest BCUT2D eigenvalue weighted by Crippen LogP contribution is -2.26. The Hall–Kier alpha value is -2.41. The van der Waals surface area contributed by atoms with Gasteiger partial charge in [0.05, 0.1) is 17.2 Å². The number of hydrogen-bond donors (Lipinski definition) is 2. The predicted molar refractivity (Wildman–Crippen MR) is 72.6 cm³/mol. The van der Waals surface area contributed by atoms with Crippen LogP contribution in [-0.2, 0) is 0 Å². The Balaban J connectivity index is 2.14. The Labute approximate surface area is 119 Å². The van der Waals surface area contributed by atoms with Gasteiger partial charge in [-0.25, -0.2) is 0 Å². The number of hydrogen-bond acceptors (Lipinski definition) is 4. The summed E-state index contributed by atoms with van der Waals surface area (Å²) < 4.78 is 0. The summed E-state index contributed by atoms with van der Waals surface area (Å²) in [5.41, 5.74) is 0.855. The summed E-state index contributed by atoms with van der Waals surface area (Å²) in [5.74, 6) is -0.365. The first-order valence-corrected chi connectivity index (χ1v) is 6.10. The Bertz CT molecular complexity index is 642. The van der Waals surface area contributed by atoms with Crippen LogP contribution in [0.3, 0.4) is 0 Å². The minimum absolute atomic E-state index is 0.0707. The Kier molecular flexibility index (Phi) is 3.99. The van der Waals surface area contributed by atoms with Crippen LogP contribution in [0.25, 0.3) is 0 Å². The summed E-state index contributed by atoms with van der Waals surface area (Å²) in [6.07, 6.45) is 3.28. The third kappa shape index (κ3) is 2.94. The quantitative estimate of drug-likeness (QED) is 0.668. The second kappa shape index (κ2) is 5.70. The van der Waals surface area contributed by atoms with Crippen LogP contribution in [0.5, 0.6) is 0 Å². The van der Waals surface area contributed by atoms with Crippen molar-refractivity contribution in [2.45, 2.75) is 13.0 Å². The Morgan fingerprint density at radius 3 is 2.85 bits per heavy atom. The van der Waals surface area contributed by atoms with E-state index in [0.717, 1.165) is 5.56 Å². The molecule has 8 heteroatoms. The number of halogens is 1. The zero-order valence-electron chi connectivity index (χ0n) is 10.5. The molecule has 1 unspecified atom stereocenters. The number of H-pyrrole nitrogens is 1. The van der Waals surface area contributed by atoms with Crippen molar-refractivity contribution in [1.29, 1.82) is 0 Å². The van der Waals surface area contributed by atoms with Gasteiger partial charge in [-0.2, -0.15) is 5.10 Å².